The van der Waals surface area contributed by atoms with Crippen molar-refractivity contribution in [2.75, 3.05) is 0 Å². The molecule has 0 heterocycles. The van der Waals surface area contributed by atoms with Gasteiger partial charge in [-0.3, -0.25) is 20.2 Å². The van der Waals surface area contributed by atoms with Crippen LogP contribution in [-0.4, -0.2) is 20.7 Å². The van der Waals surface area contributed by atoms with Crippen molar-refractivity contribution in [3.05, 3.63) is 68.3 Å². The van der Waals surface area contributed by atoms with Crippen LogP contribution < -0.4 is 4.84 Å². The van der Waals surface area contributed by atoms with Crippen LogP contribution in [0.2, 0.25) is 0 Å². The summed E-state index contributed by atoms with van der Waals surface area (Å²) in [5, 5.41) is 34.9. The molecule has 0 saturated carbocycles. The van der Waals surface area contributed by atoms with Gasteiger partial charge in [-0.1, -0.05) is 17.3 Å². The third-order valence-electron chi connectivity index (χ3n) is 3.34. The Hall–Kier alpha value is -3.49. The molecule has 2 aromatic carbocycles. The molecule has 2 aromatic rings. The highest BCUT2D eigenvalue weighted by Gasteiger charge is 2.21. The summed E-state index contributed by atoms with van der Waals surface area (Å²) in [6, 6.07) is 9.87. The Balaban J connectivity index is 2.07. The molecular formula is C16H15N3O6. The van der Waals surface area contributed by atoms with Gasteiger partial charge in [0.1, 0.15) is 5.75 Å². The van der Waals surface area contributed by atoms with Gasteiger partial charge >= 0.3 is 5.69 Å². The monoisotopic (exact) mass is 345 g/mol. The fourth-order valence-electron chi connectivity index (χ4n) is 2.05. The van der Waals surface area contributed by atoms with E-state index in [4.69, 9.17) is 4.84 Å². The molecule has 0 radical (unpaired) electrons. The average Bonchev–Trinajstić information content (AvgIpc) is 2.57. The van der Waals surface area contributed by atoms with Crippen molar-refractivity contribution in [3.8, 4) is 11.5 Å². The number of nitrogens with zero attached hydrogens (tertiary/aromatic N) is 3. The van der Waals surface area contributed by atoms with Gasteiger partial charge in [-0.05, 0) is 43.5 Å². The van der Waals surface area contributed by atoms with Crippen LogP contribution >= 0.6 is 0 Å². The molecule has 0 amide bonds. The lowest BCUT2D eigenvalue weighted by Gasteiger charge is -2.04. The second kappa shape index (κ2) is 7.86. The summed E-state index contributed by atoms with van der Waals surface area (Å²) in [5.74, 6) is -0.00264. The lowest BCUT2D eigenvalue weighted by atomic mass is 10.1. The van der Waals surface area contributed by atoms with Crippen LogP contribution in [-0.2, 0) is 6.42 Å². The molecule has 130 valence electrons. The molecule has 0 atom stereocenters. The molecule has 0 aliphatic rings. The first-order valence-electron chi connectivity index (χ1n) is 7.28. The zero-order valence-electron chi connectivity index (χ0n) is 13.3. The molecule has 0 fully saturated rings. The predicted molar refractivity (Wildman–Crippen MR) is 89.9 cm³/mol. The van der Waals surface area contributed by atoms with E-state index in [1.165, 1.54) is 0 Å². The number of hydrogen-bond donors (Lipinski definition) is 1. The summed E-state index contributed by atoms with van der Waals surface area (Å²) in [4.78, 5) is 25.3. The van der Waals surface area contributed by atoms with Crippen molar-refractivity contribution in [2.24, 2.45) is 5.16 Å². The second-order valence-corrected chi connectivity index (χ2v) is 5.25. The number of phenolic OH excluding ortho intramolecular Hbond substituents is 1. The number of non-ortho nitro benzene ring substituents is 1. The summed E-state index contributed by atoms with van der Waals surface area (Å²) in [6.07, 6.45) is 1.12. The molecule has 0 unspecified atom stereocenters. The number of aryl methyl sites for hydroxylation is 1. The zero-order valence-corrected chi connectivity index (χ0v) is 13.3. The minimum Gasteiger partial charge on any atom is -0.508 e. The van der Waals surface area contributed by atoms with Crippen molar-refractivity contribution in [1.82, 2.24) is 0 Å². The smallest absolute Gasteiger partial charge is 0.321 e. The lowest BCUT2D eigenvalue weighted by molar-refractivity contribution is -0.394. The summed E-state index contributed by atoms with van der Waals surface area (Å²) < 4.78 is 0. The van der Waals surface area contributed by atoms with Crippen molar-refractivity contribution in [1.29, 1.82) is 0 Å². The van der Waals surface area contributed by atoms with Gasteiger partial charge in [0.2, 0.25) is 5.75 Å². The van der Waals surface area contributed by atoms with Gasteiger partial charge in [0.25, 0.3) is 5.69 Å². The molecule has 1 N–H and O–H groups in total. The number of oxime groups is 1. The van der Waals surface area contributed by atoms with E-state index in [9.17, 15) is 25.3 Å². The fraction of sp³-hybridized carbons (Fsp3) is 0.188. The maximum Gasteiger partial charge on any atom is 0.321 e. The highest BCUT2D eigenvalue weighted by Crippen LogP contribution is 2.31. The number of phenols is 1. The summed E-state index contributed by atoms with van der Waals surface area (Å²) >= 11 is 0. The first-order valence-corrected chi connectivity index (χ1v) is 7.28. The number of hydrogen-bond acceptors (Lipinski definition) is 7. The Kier molecular flexibility index (Phi) is 5.62. The first-order chi connectivity index (χ1) is 11.9. The highest BCUT2D eigenvalue weighted by molar-refractivity contribution is 5.81. The Morgan fingerprint density at radius 1 is 1.16 bits per heavy atom. The zero-order chi connectivity index (χ0) is 18.4. The standard InChI is InChI=1S/C16H15N3O6/c1-11(5-6-12-3-2-4-14(20)9-12)17-25-16-8-7-13(18(21)22)10-15(16)19(23)24/h2-4,7-10,20H,5-6H2,1H3/b17-11-. The van der Waals surface area contributed by atoms with Gasteiger partial charge in [-0.2, -0.15) is 0 Å². The molecule has 0 spiro atoms. The highest BCUT2D eigenvalue weighted by atomic mass is 16.7. The number of nitro groups is 2. The number of benzene rings is 2. The fourth-order valence-corrected chi connectivity index (χ4v) is 2.05. The SMILES string of the molecule is C/C(CCc1cccc(O)c1)=N/Oc1ccc([N+](=O)[O-])cc1[N+](=O)[O-]. The number of nitro benzene ring substituents is 2. The minimum atomic E-state index is -0.764. The molecule has 9 nitrogen and oxygen atoms in total. The van der Waals surface area contributed by atoms with E-state index in [-0.39, 0.29) is 11.5 Å². The average molecular weight is 345 g/mol. The summed E-state index contributed by atoms with van der Waals surface area (Å²) in [7, 11) is 0. The topological polar surface area (TPSA) is 128 Å². The van der Waals surface area contributed by atoms with Crippen LogP contribution in [0, 0.1) is 20.2 Å². The Morgan fingerprint density at radius 3 is 2.56 bits per heavy atom. The predicted octanol–water partition coefficient (Wildman–Crippen LogP) is 3.60. The van der Waals surface area contributed by atoms with E-state index in [2.05, 4.69) is 5.16 Å². The van der Waals surface area contributed by atoms with Crippen LogP contribution in [0.3, 0.4) is 0 Å². The Bertz CT molecular complexity index is 834. The van der Waals surface area contributed by atoms with E-state index in [1.807, 2.05) is 6.07 Å². The molecular weight excluding hydrogens is 330 g/mol. The number of rotatable bonds is 7. The molecule has 0 aromatic heterocycles. The third-order valence-corrected chi connectivity index (χ3v) is 3.34. The van der Waals surface area contributed by atoms with Gasteiger partial charge in [-0.15, -0.1) is 0 Å². The first kappa shape index (κ1) is 17.9. The van der Waals surface area contributed by atoms with Gasteiger partial charge in [0, 0.05) is 6.07 Å². The maximum atomic E-state index is 11.0. The quantitative estimate of drug-likeness (QED) is 0.464. The molecule has 0 aliphatic carbocycles. The van der Waals surface area contributed by atoms with Gasteiger partial charge in [0.15, 0.2) is 0 Å². The van der Waals surface area contributed by atoms with E-state index < -0.39 is 21.2 Å². The molecule has 0 saturated heterocycles. The van der Waals surface area contributed by atoms with Gasteiger partial charge in [0.05, 0.1) is 21.6 Å². The van der Waals surface area contributed by atoms with Crippen LogP contribution in [0.15, 0.2) is 47.6 Å². The van der Waals surface area contributed by atoms with Crippen LogP contribution in [0.5, 0.6) is 11.5 Å². The third kappa shape index (κ3) is 4.99. The molecule has 2 rings (SSSR count). The normalized spacial score (nSPS) is 11.2. The molecule has 25 heavy (non-hydrogen) atoms. The maximum absolute atomic E-state index is 11.0. The van der Waals surface area contributed by atoms with E-state index >= 15 is 0 Å². The number of aromatic hydroxyl groups is 1. The van der Waals surface area contributed by atoms with Gasteiger partial charge < -0.3 is 9.94 Å². The van der Waals surface area contributed by atoms with Crippen molar-refractivity contribution >= 4 is 17.1 Å². The van der Waals surface area contributed by atoms with Gasteiger partial charge in [-0.25, -0.2) is 0 Å². The van der Waals surface area contributed by atoms with Crippen molar-refractivity contribution < 1.29 is 19.8 Å². The van der Waals surface area contributed by atoms with Crippen LogP contribution in [0.4, 0.5) is 11.4 Å². The van der Waals surface area contributed by atoms with E-state index in [1.54, 1.807) is 25.1 Å². The van der Waals surface area contributed by atoms with Crippen LogP contribution in [0.1, 0.15) is 18.9 Å². The lowest BCUT2D eigenvalue weighted by Crippen LogP contribution is -2.00. The van der Waals surface area contributed by atoms with Crippen molar-refractivity contribution in [2.45, 2.75) is 19.8 Å². The summed E-state index contributed by atoms with van der Waals surface area (Å²) in [5.41, 5.74) is 0.564. The molecule has 9 heteroatoms. The minimum absolute atomic E-state index is 0.171. The largest absolute Gasteiger partial charge is 0.508 e. The van der Waals surface area contributed by atoms with E-state index in [0.717, 1.165) is 23.8 Å². The summed E-state index contributed by atoms with van der Waals surface area (Å²) in [6.45, 7) is 1.69. The van der Waals surface area contributed by atoms with E-state index in [0.29, 0.717) is 18.6 Å². The Labute approximate surface area is 142 Å². The van der Waals surface area contributed by atoms with Crippen molar-refractivity contribution in [3.63, 3.8) is 0 Å². The Morgan fingerprint density at radius 2 is 1.92 bits per heavy atom. The molecule has 0 bridgehead atoms. The molecule has 0 aliphatic heterocycles. The second-order valence-electron chi connectivity index (χ2n) is 5.25. The van der Waals surface area contributed by atoms with Crippen LogP contribution in [0.25, 0.3) is 0 Å².